The molecule has 3 amide bonds. The SMILES string of the molecule is CCCCCCN(C(=O)C(NC(=O)OC(C)(C)C)C(C)C)C(C(=O)Nc1ccccc1C)c1ccc(O)cc1. The quantitative estimate of drug-likeness (QED) is 0.273. The number of amides is 3. The minimum absolute atomic E-state index is 0.0595. The third-order valence-corrected chi connectivity index (χ3v) is 6.31. The van der Waals surface area contributed by atoms with Gasteiger partial charge in [-0.2, -0.15) is 0 Å². The normalized spacial score (nSPS) is 12.9. The number of hydrogen-bond donors (Lipinski definition) is 3. The van der Waals surface area contributed by atoms with Crippen molar-refractivity contribution in [3.63, 3.8) is 0 Å². The van der Waals surface area contributed by atoms with E-state index < -0.39 is 23.8 Å². The number of hydrogen-bond acceptors (Lipinski definition) is 5. The highest BCUT2D eigenvalue weighted by Crippen LogP contribution is 2.28. The lowest BCUT2D eigenvalue weighted by Crippen LogP contribution is -2.54. The Morgan fingerprint density at radius 3 is 2.18 bits per heavy atom. The maximum Gasteiger partial charge on any atom is 0.408 e. The monoisotopic (exact) mass is 539 g/mol. The standard InChI is InChI=1S/C31H45N3O5/c1-8-9-10-13-20-34(29(37)26(21(2)3)33-30(38)39-31(5,6)7)27(23-16-18-24(35)19-17-23)28(36)32-25-15-12-11-14-22(25)4/h11-12,14-19,21,26-27,35H,8-10,13,20H2,1-7H3,(H,32,36)(H,33,38). The molecule has 2 unspecified atom stereocenters. The molecule has 8 heteroatoms. The number of carbonyl (C=O) groups is 3. The lowest BCUT2D eigenvalue weighted by atomic mass is 9.98. The lowest BCUT2D eigenvalue weighted by Gasteiger charge is -2.35. The fourth-order valence-electron chi connectivity index (χ4n) is 4.25. The molecule has 0 bridgehead atoms. The van der Waals surface area contributed by atoms with E-state index in [4.69, 9.17) is 4.74 Å². The van der Waals surface area contributed by atoms with Crippen LogP contribution in [0.4, 0.5) is 10.5 Å². The van der Waals surface area contributed by atoms with Crippen molar-refractivity contribution in [3.05, 3.63) is 59.7 Å². The first-order chi connectivity index (χ1) is 18.3. The van der Waals surface area contributed by atoms with Crippen molar-refractivity contribution in [1.82, 2.24) is 10.2 Å². The van der Waals surface area contributed by atoms with Gasteiger partial charge in [0.2, 0.25) is 5.91 Å². The highest BCUT2D eigenvalue weighted by molar-refractivity contribution is 5.99. The topological polar surface area (TPSA) is 108 Å². The van der Waals surface area contributed by atoms with Gasteiger partial charge in [0, 0.05) is 12.2 Å². The zero-order valence-electron chi connectivity index (χ0n) is 24.4. The summed E-state index contributed by atoms with van der Waals surface area (Å²) in [6.45, 7) is 13.3. The molecule has 0 saturated carbocycles. The van der Waals surface area contributed by atoms with E-state index in [9.17, 15) is 19.5 Å². The van der Waals surface area contributed by atoms with Gasteiger partial charge in [0.05, 0.1) is 0 Å². The minimum atomic E-state index is -0.985. The van der Waals surface area contributed by atoms with Crippen LogP contribution in [0.5, 0.6) is 5.75 Å². The van der Waals surface area contributed by atoms with E-state index in [1.54, 1.807) is 37.8 Å². The Kier molecular flexibility index (Phi) is 11.8. The number of nitrogens with one attached hydrogen (secondary N) is 2. The maximum atomic E-state index is 14.2. The summed E-state index contributed by atoms with van der Waals surface area (Å²) in [6.07, 6.45) is 2.94. The number of anilines is 1. The highest BCUT2D eigenvalue weighted by Gasteiger charge is 2.37. The number of rotatable bonds is 12. The third-order valence-electron chi connectivity index (χ3n) is 6.31. The van der Waals surface area contributed by atoms with Gasteiger partial charge in [-0.05, 0) is 69.4 Å². The van der Waals surface area contributed by atoms with Crippen LogP contribution in [-0.4, -0.2) is 46.1 Å². The van der Waals surface area contributed by atoms with Crippen LogP contribution < -0.4 is 10.6 Å². The van der Waals surface area contributed by atoms with Crippen molar-refractivity contribution in [2.24, 2.45) is 5.92 Å². The first kappa shape index (κ1) is 31.7. The summed E-state index contributed by atoms with van der Waals surface area (Å²) in [6, 6.07) is 11.9. The van der Waals surface area contributed by atoms with E-state index in [0.717, 1.165) is 24.8 Å². The molecule has 214 valence electrons. The summed E-state index contributed by atoms with van der Waals surface area (Å²) < 4.78 is 5.43. The third kappa shape index (κ3) is 9.93. The van der Waals surface area contributed by atoms with Crippen molar-refractivity contribution in [1.29, 1.82) is 0 Å². The molecule has 2 aromatic rings. The van der Waals surface area contributed by atoms with Crippen molar-refractivity contribution in [2.45, 2.75) is 91.8 Å². The van der Waals surface area contributed by atoms with Crippen LogP contribution in [0, 0.1) is 12.8 Å². The van der Waals surface area contributed by atoms with Crippen LogP contribution in [0.15, 0.2) is 48.5 Å². The van der Waals surface area contributed by atoms with Gasteiger partial charge in [-0.15, -0.1) is 0 Å². The fourth-order valence-corrected chi connectivity index (χ4v) is 4.25. The first-order valence-corrected chi connectivity index (χ1v) is 13.8. The smallest absolute Gasteiger partial charge is 0.408 e. The molecule has 0 heterocycles. The van der Waals surface area contributed by atoms with Gasteiger partial charge in [0.1, 0.15) is 23.4 Å². The number of aromatic hydroxyl groups is 1. The molecule has 2 atom stereocenters. The molecule has 8 nitrogen and oxygen atoms in total. The van der Waals surface area contributed by atoms with Crippen molar-refractivity contribution in [3.8, 4) is 5.75 Å². The molecule has 0 spiro atoms. The Morgan fingerprint density at radius 1 is 0.974 bits per heavy atom. The van der Waals surface area contributed by atoms with Crippen LogP contribution in [0.1, 0.15) is 84.4 Å². The molecular formula is C31H45N3O5. The predicted molar refractivity (Wildman–Crippen MR) is 155 cm³/mol. The second-order valence-corrected chi connectivity index (χ2v) is 11.3. The van der Waals surface area contributed by atoms with Crippen LogP contribution >= 0.6 is 0 Å². The molecule has 0 aliphatic heterocycles. The van der Waals surface area contributed by atoms with Gasteiger partial charge in [0.25, 0.3) is 5.91 Å². The number of alkyl carbamates (subject to hydrolysis) is 1. The van der Waals surface area contributed by atoms with Gasteiger partial charge >= 0.3 is 6.09 Å². The summed E-state index contributed by atoms with van der Waals surface area (Å²) in [7, 11) is 0. The summed E-state index contributed by atoms with van der Waals surface area (Å²) >= 11 is 0. The van der Waals surface area contributed by atoms with E-state index >= 15 is 0 Å². The zero-order chi connectivity index (χ0) is 29.2. The molecule has 0 radical (unpaired) electrons. The molecular weight excluding hydrogens is 494 g/mol. The summed E-state index contributed by atoms with van der Waals surface area (Å²) in [5.74, 6) is -0.948. The second kappa shape index (κ2) is 14.6. The molecule has 2 rings (SSSR count). The predicted octanol–water partition coefficient (Wildman–Crippen LogP) is 6.34. The maximum absolute atomic E-state index is 14.2. The van der Waals surface area contributed by atoms with E-state index in [1.807, 2.05) is 45.0 Å². The van der Waals surface area contributed by atoms with Crippen molar-refractivity contribution >= 4 is 23.6 Å². The van der Waals surface area contributed by atoms with Crippen LogP contribution in [0.25, 0.3) is 0 Å². The number of phenolic OH excluding ortho intramolecular Hbond substituents is 1. The Labute approximate surface area is 233 Å². The van der Waals surface area contributed by atoms with Crippen LogP contribution in [0.2, 0.25) is 0 Å². The Bertz CT molecular complexity index is 1090. The van der Waals surface area contributed by atoms with Crippen LogP contribution in [0.3, 0.4) is 0 Å². The molecule has 0 aromatic heterocycles. The van der Waals surface area contributed by atoms with Gasteiger partial charge in [-0.3, -0.25) is 9.59 Å². The molecule has 0 aliphatic rings. The average Bonchev–Trinajstić information content (AvgIpc) is 2.85. The first-order valence-electron chi connectivity index (χ1n) is 13.8. The minimum Gasteiger partial charge on any atom is -0.508 e. The van der Waals surface area contributed by atoms with Crippen LogP contribution in [-0.2, 0) is 14.3 Å². The number of benzene rings is 2. The lowest BCUT2D eigenvalue weighted by molar-refractivity contribution is -0.141. The van der Waals surface area contributed by atoms with E-state index in [1.165, 1.54) is 12.1 Å². The molecule has 39 heavy (non-hydrogen) atoms. The van der Waals surface area contributed by atoms with Gasteiger partial charge in [-0.25, -0.2) is 4.79 Å². The number of carbonyl (C=O) groups excluding carboxylic acids is 3. The number of aryl methyl sites for hydroxylation is 1. The molecule has 0 aliphatic carbocycles. The molecule has 0 saturated heterocycles. The number of nitrogens with zero attached hydrogens (tertiary/aromatic N) is 1. The van der Waals surface area contributed by atoms with Gasteiger partial charge < -0.3 is 25.4 Å². The number of phenols is 1. The zero-order valence-corrected chi connectivity index (χ0v) is 24.4. The highest BCUT2D eigenvalue weighted by atomic mass is 16.6. The molecule has 3 N–H and O–H groups in total. The second-order valence-electron chi connectivity index (χ2n) is 11.3. The van der Waals surface area contributed by atoms with E-state index in [-0.39, 0.29) is 23.5 Å². The summed E-state index contributed by atoms with van der Waals surface area (Å²) in [5, 5.41) is 15.6. The molecule has 2 aromatic carbocycles. The average molecular weight is 540 g/mol. The van der Waals surface area contributed by atoms with Gasteiger partial charge in [0.15, 0.2) is 0 Å². The Morgan fingerprint density at radius 2 is 1.62 bits per heavy atom. The Balaban J connectivity index is 2.52. The van der Waals surface area contributed by atoms with E-state index in [2.05, 4.69) is 17.6 Å². The number of unbranched alkanes of at least 4 members (excludes halogenated alkanes) is 3. The summed E-state index contributed by atoms with van der Waals surface area (Å²) in [4.78, 5) is 42.3. The van der Waals surface area contributed by atoms with Crippen molar-refractivity contribution < 1.29 is 24.2 Å². The fraction of sp³-hybridized carbons (Fsp3) is 0.516. The summed E-state index contributed by atoms with van der Waals surface area (Å²) in [5.41, 5.74) is 1.37. The number of ether oxygens (including phenoxy) is 1. The largest absolute Gasteiger partial charge is 0.508 e. The number of para-hydroxylation sites is 1. The van der Waals surface area contributed by atoms with Gasteiger partial charge in [-0.1, -0.05) is 70.4 Å². The molecule has 0 fully saturated rings. The van der Waals surface area contributed by atoms with Crippen molar-refractivity contribution in [2.75, 3.05) is 11.9 Å². The van der Waals surface area contributed by atoms with E-state index in [0.29, 0.717) is 24.2 Å². The Hall–Kier alpha value is -3.55.